The minimum absolute atomic E-state index is 0.382. The third-order valence-electron chi connectivity index (χ3n) is 2.26. The second-order valence-corrected chi connectivity index (χ2v) is 7.74. The topological polar surface area (TPSA) is 9.23 Å². The SMILES string of the molecule is CC(C)(C)C[SiH2]OCc1cc(Br)ccc1Cl. The third kappa shape index (κ3) is 5.48. The Kier molecular flexibility index (Phi) is 5.51. The lowest BCUT2D eigenvalue weighted by Gasteiger charge is -2.17. The summed E-state index contributed by atoms with van der Waals surface area (Å²) in [6, 6.07) is 7.06. The molecule has 0 fully saturated rings. The third-order valence-corrected chi connectivity index (χ3v) is 5.32. The molecule has 0 N–H and O–H groups in total. The van der Waals surface area contributed by atoms with Crippen molar-refractivity contribution in [3.8, 4) is 0 Å². The highest BCUT2D eigenvalue weighted by molar-refractivity contribution is 9.10. The summed E-state index contributed by atoms with van der Waals surface area (Å²) in [5.74, 6) is 0. The van der Waals surface area contributed by atoms with Crippen LogP contribution in [0.4, 0.5) is 0 Å². The lowest BCUT2D eigenvalue weighted by Crippen LogP contribution is -2.11. The van der Waals surface area contributed by atoms with Crippen molar-refractivity contribution in [2.45, 2.75) is 33.4 Å². The van der Waals surface area contributed by atoms with E-state index in [-0.39, 0.29) is 0 Å². The van der Waals surface area contributed by atoms with Gasteiger partial charge in [0.2, 0.25) is 0 Å². The Bertz CT molecular complexity index is 349. The average Bonchev–Trinajstić information content (AvgIpc) is 2.16. The molecule has 1 nitrogen and oxygen atoms in total. The Labute approximate surface area is 114 Å². The van der Waals surface area contributed by atoms with Gasteiger partial charge in [-0.3, -0.25) is 0 Å². The first-order valence-electron chi connectivity index (χ1n) is 5.40. The fraction of sp³-hybridized carbons (Fsp3) is 0.500. The molecule has 0 spiro atoms. The smallest absolute Gasteiger partial charge is 0.162 e. The van der Waals surface area contributed by atoms with Crippen LogP contribution >= 0.6 is 27.5 Å². The van der Waals surface area contributed by atoms with Crippen molar-refractivity contribution < 1.29 is 4.43 Å². The highest BCUT2D eigenvalue weighted by Crippen LogP contribution is 2.22. The molecule has 16 heavy (non-hydrogen) atoms. The molecule has 0 bridgehead atoms. The van der Waals surface area contributed by atoms with E-state index in [1.807, 2.05) is 18.2 Å². The maximum Gasteiger partial charge on any atom is 0.162 e. The van der Waals surface area contributed by atoms with Crippen molar-refractivity contribution in [1.29, 1.82) is 0 Å². The molecule has 0 unspecified atom stereocenters. The van der Waals surface area contributed by atoms with Crippen LogP contribution in [0.2, 0.25) is 11.1 Å². The van der Waals surface area contributed by atoms with Crippen molar-refractivity contribution in [1.82, 2.24) is 0 Å². The van der Waals surface area contributed by atoms with Crippen molar-refractivity contribution in [2.75, 3.05) is 0 Å². The second-order valence-electron chi connectivity index (χ2n) is 5.10. The van der Waals surface area contributed by atoms with E-state index in [1.54, 1.807) is 0 Å². The van der Waals surface area contributed by atoms with E-state index >= 15 is 0 Å². The normalized spacial score (nSPS) is 12.6. The van der Waals surface area contributed by atoms with E-state index in [1.165, 1.54) is 6.04 Å². The maximum absolute atomic E-state index is 6.08. The molecule has 1 rings (SSSR count). The highest BCUT2D eigenvalue weighted by Gasteiger charge is 2.10. The number of halogens is 2. The van der Waals surface area contributed by atoms with Gasteiger partial charge in [-0.25, -0.2) is 0 Å². The number of hydrogen-bond acceptors (Lipinski definition) is 1. The predicted octanol–water partition coefficient (Wildman–Crippen LogP) is 4.17. The first kappa shape index (κ1) is 14.2. The molecule has 0 aliphatic heterocycles. The molecule has 0 saturated carbocycles. The standard InChI is InChI=1S/C12H18BrClOSi/c1-12(2,3)8-16-15-7-9-6-10(13)4-5-11(9)14/h4-6H,7-8,16H2,1-3H3. The van der Waals surface area contributed by atoms with Gasteiger partial charge in [-0.05, 0) is 35.2 Å². The zero-order valence-electron chi connectivity index (χ0n) is 10.0. The molecule has 4 heteroatoms. The largest absolute Gasteiger partial charge is 0.420 e. The first-order valence-corrected chi connectivity index (χ1v) is 8.15. The van der Waals surface area contributed by atoms with E-state index in [2.05, 4.69) is 36.7 Å². The summed E-state index contributed by atoms with van der Waals surface area (Å²) in [7, 11) is -0.439. The summed E-state index contributed by atoms with van der Waals surface area (Å²) >= 11 is 9.51. The van der Waals surface area contributed by atoms with Crippen LogP contribution in [-0.2, 0) is 11.0 Å². The fourth-order valence-electron chi connectivity index (χ4n) is 1.21. The van der Waals surface area contributed by atoms with Gasteiger partial charge in [0.1, 0.15) is 0 Å². The predicted molar refractivity (Wildman–Crippen MR) is 76.7 cm³/mol. The van der Waals surface area contributed by atoms with Crippen LogP contribution < -0.4 is 0 Å². The van der Waals surface area contributed by atoms with Gasteiger partial charge in [0.15, 0.2) is 9.76 Å². The Hall–Kier alpha value is 0.167. The Morgan fingerprint density at radius 3 is 2.69 bits per heavy atom. The molecule has 1 aromatic rings. The molecule has 1 aromatic carbocycles. The summed E-state index contributed by atoms with van der Waals surface area (Å²) in [5, 5.41) is 0.785. The zero-order chi connectivity index (χ0) is 12.2. The van der Waals surface area contributed by atoms with Gasteiger partial charge >= 0.3 is 0 Å². The lowest BCUT2D eigenvalue weighted by atomic mass is 10.0. The van der Waals surface area contributed by atoms with Gasteiger partial charge in [-0.1, -0.05) is 48.3 Å². The van der Waals surface area contributed by atoms with Crippen LogP contribution in [0, 0.1) is 5.41 Å². The molecule has 0 aliphatic rings. The molecule has 0 saturated heterocycles. The van der Waals surface area contributed by atoms with Crippen LogP contribution in [-0.4, -0.2) is 9.76 Å². The molecule has 0 atom stereocenters. The summed E-state index contributed by atoms with van der Waals surface area (Å²) in [5.41, 5.74) is 1.45. The van der Waals surface area contributed by atoms with Gasteiger partial charge in [0.25, 0.3) is 0 Å². The summed E-state index contributed by atoms with van der Waals surface area (Å²) in [6.45, 7) is 7.38. The van der Waals surface area contributed by atoms with E-state index in [4.69, 9.17) is 16.0 Å². The number of benzene rings is 1. The Morgan fingerprint density at radius 2 is 2.06 bits per heavy atom. The van der Waals surface area contributed by atoms with Crippen LogP contribution in [0.25, 0.3) is 0 Å². The molecule has 0 aliphatic carbocycles. The summed E-state index contributed by atoms with van der Waals surface area (Å²) in [4.78, 5) is 0. The van der Waals surface area contributed by atoms with E-state index in [0.717, 1.165) is 15.1 Å². The Balaban J connectivity index is 2.40. The van der Waals surface area contributed by atoms with Crippen molar-refractivity contribution >= 4 is 37.3 Å². The molecule has 0 radical (unpaired) electrons. The molecular formula is C12H18BrClOSi. The number of rotatable bonds is 4. The number of hydrogen-bond donors (Lipinski definition) is 0. The molecule has 0 amide bonds. The molecule has 0 aromatic heterocycles. The van der Waals surface area contributed by atoms with Gasteiger partial charge in [0, 0.05) is 9.50 Å². The van der Waals surface area contributed by atoms with Crippen LogP contribution in [0.3, 0.4) is 0 Å². The van der Waals surface area contributed by atoms with Crippen molar-refractivity contribution in [3.05, 3.63) is 33.3 Å². The van der Waals surface area contributed by atoms with Crippen molar-refractivity contribution in [3.63, 3.8) is 0 Å². The molecular weight excluding hydrogens is 304 g/mol. The molecule has 90 valence electrons. The van der Waals surface area contributed by atoms with Gasteiger partial charge in [-0.2, -0.15) is 0 Å². The van der Waals surface area contributed by atoms with Crippen LogP contribution in [0.1, 0.15) is 26.3 Å². The molecule has 0 heterocycles. The monoisotopic (exact) mass is 320 g/mol. The zero-order valence-corrected chi connectivity index (χ0v) is 13.8. The quantitative estimate of drug-likeness (QED) is 0.597. The van der Waals surface area contributed by atoms with Gasteiger partial charge < -0.3 is 4.43 Å². The highest BCUT2D eigenvalue weighted by atomic mass is 79.9. The average molecular weight is 322 g/mol. The summed E-state index contributed by atoms with van der Waals surface area (Å²) < 4.78 is 6.81. The Morgan fingerprint density at radius 1 is 1.38 bits per heavy atom. The lowest BCUT2D eigenvalue weighted by molar-refractivity contribution is 0.311. The maximum atomic E-state index is 6.08. The minimum atomic E-state index is -0.439. The second kappa shape index (κ2) is 6.19. The minimum Gasteiger partial charge on any atom is -0.420 e. The van der Waals surface area contributed by atoms with Gasteiger partial charge in [0.05, 0.1) is 6.61 Å². The van der Waals surface area contributed by atoms with Gasteiger partial charge in [-0.15, -0.1) is 0 Å². The van der Waals surface area contributed by atoms with Crippen molar-refractivity contribution in [2.24, 2.45) is 5.41 Å². The fourth-order valence-corrected chi connectivity index (χ4v) is 2.92. The summed E-state index contributed by atoms with van der Waals surface area (Å²) in [6.07, 6.45) is 0. The van der Waals surface area contributed by atoms with Crippen LogP contribution in [0.5, 0.6) is 0 Å². The first-order chi connectivity index (χ1) is 7.38. The van der Waals surface area contributed by atoms with E-state index in [0.29, 0.717) is 12.0 Å². The van der Waals surface area contributed by atoms with Crippen LogP contribution in [0.15, 0.2) is 22.7 Å². The van der Waals surface area contributed by atoms with E-state index in [9.17, 15) is 0 Å². The van der Waals surface area contributed by atoms with E-state index < -0.39 is 9.76 Å².